The average Bonchev–Trinajstić information content (AvgIpc) is 2.81. The van der Waals surface area contributed by atoms with Crippen molar-refractivity contribution >= 4 is 21.4 Å². The van der Waals surface area contributed by atoms with Crippen LogP contribution < -0.4 is 0 Å². The van der Waals surface area contributed by atoms with Gasteiger partial charge < -0.3 is 0 Å². The van der Waals surface area contributed by atoms with E-state index in [0.717, 1.165) is 0 Å². The molecule has 2 aromatic rings. The molecule has 0 nitrogen and oxygen atoms in total. The summed E-state index contributed by atoms with van der Waals surface area (Å²) in [5.74, 6) is 0. The van der Waals surface area contributed by atoms with Crippen LogP contribution in [0.1, 0.15) is 90.2 Å². The Morgan fingerprint density at radius 1 is 0.870 bits per heavy atom. The van der Waals surface area contributed by atoms with Gasteiger partial charge in [-0.3, -0.25) is 0 Å². The van der Waals surface area contributed by atoms with Gasteiger partial charge in [0.05, 0.1) is 0 Å². The van der Waals surface area contributed by atoms with Crippen molar-refractivity contribution in [2.45, 2.75) is 91.4 Å². The van der Waals surface area contributed by atoms with E-state index in [2.05, 4.69) is 66.7 Å². The molecule has 0 fully saturated rings. The summed E-state index contributed by atoms with van der Waals surface area (Å²) in [6.45, 7) is 16.3. The Kier molecular flexibility index (Phi) is 5.61. The van der Waals surface area contributed by atoms with E-state index in [9.17, 15) is 0 Å². The summed E-state index contributed by atoms with van der Waals surface area (Å²) in [6, 6.07) is 7.17. The van der Waals surface area contributed by atoms with Crippen molar-refractivity contribution in [1.29, 1.82) is 0 Å². The first-order valence-electron chi connectivity index (χ1n) is 9.21. The van der Waals surface area contributed by atoms with Gasteiger partial charge in [-0.15, -0.1) is 11.3 Å². The second-order valence-corrected chi connectivity index (χ2v) is 9.98. The summed E-state index contributed by atoms with van der Waals surface area (Å²) in [5, 5.41) is 1.50. The molecule has 0 spiro atoms. The number of aryl methyl sites for hydroxylation is 1. The first-order chi connectivity index (χ1) is 10.6. The van der Waals surface area contributed by atoms with Crippen molar-refractivity contribution < 1.29 is 0 Å². The van der Waals surface area contributed by atoms with E-state index < -0.39 is 0 Å². The fourth-order valence-corrected chi connectivity index (χ4v) is 4.55. The molecule has 1 heteroatoms. The van der Waals surface area contributed by atoms with Gasteiger partial charge in [-0.1, -0.05) is 79.9 Å². The lowest BCUT2D eigenvalue weighted by Crippen LogP contribution is -2.11. The van der Waals surface area contributed by atoms with Crippen LogP contribution in [0.4, 0.5) is 0 Å². The molecule has 0 aliphatic carbocycles. The Labute approximate surface area is 147 Å². The summed E-state index contributed by atoms with van der Waals surface area (Å²) in [5.41, 5.74) is 3.53. The number of hydrogen-bond donors (Lipinski definition) is 0. The van der Waals surface area contributed by atoms with Gasteiger partial charge in [0.25, 0.3) is 0 Å². The first-order valence-corrected chi connectivity index (χ1v) is 10.0. The van der Waals surface area contributed by atoms with Gasteiger partial charge in [-0.2, -0.15) is 0 Å². The largest absolute Gasteiger partial charge is 0.139 e. The Morgan fingerprint density at radius 3 is 2.13 bits per heavy atom. The third kappa shape index (κ3) is 4.38. The lowest BCUT2D eigenvalue weighted by molar-refractivity contribution is 0.590. The molecular formula is C22H34S. The number of unbranched alkanes of at least 4 members (excludes halogenated alkanes) is 3. The van der Waals surface area contributed by atoms with Crippen molar-refractivity contribution in [3.05, 3.63) is 34.2 Å². The summed E-state index contributed by atoms with van der Waals surface area (Å²) >= 11 is 2.02. The molecule has 0 unspecified atom stereocenters. The topological polar surface area (TPSA) is 0 Å². The smallest absolute Gasteiger partial charge is 0.0351 e. The molecule has 1 heterocycles. The minimum atomic E-state index is 0.224. The van der Waals surface area contributed by atoms with Gasteiger partial charge in [0.2, 0.25) is 0 Å². The number of thiophene rings is 1. The zero-order valence-corrected chi connectivity index (χ0v) is 17.0. The Bertz CT molecular complexity index is 647. The van der Waals surface area contributed by atoms with Crippen LogP contribution >= 0.6 is 11.3 Å². The molecule has 0 aliphatic rings. The van der Waals surface area contributed by atoms with Crippen LogP contribution in [0.2, 0.25) is 0 Å². The highest BCUT2D eigenvalue weighted by Crippen LogP contribution is 2.41. The fourth-order valence-electron chi connectivity index (χ4n) is 3.20. The summed E-state index contributed by atoms with van der Waals surface area (Å²) < 4.78 is 1.48. The Hall–Kier alpha value is -0.820. The molecule has 0 bridgehead atoms. The van der Waals surface area contributed by atoms with E-state index in [4.69, 9.17) is 0 Å². The highest BCUT2D eigenvalue weighted by molar-refractivity contribution is 7.19. The number of rotatable bonds is 5. The second-order valence-electron chi connectivity index (χ2n) is 8.93. The minimum Gasteiger partial charge on any atom is -0.139 e. The van der Waals surface area contributed by atoms with Gasteiger partial charge in [0.1, 0.15) is 0 Å². The standard InChI is InChI=1S/C22H34S/c1-8-9-10-11-12-18-17-14-13-16(21(2,3)4)15-19(17)23-20(18)22(5,6)7/h13-15H,8-12H2,1-7H3. The molecule has 23 heavy (non-hydrogen) atoms. The summed E-state index contributed by atoms with van der Waals surface area (Å²) in [6.07, 6.45) is 6.59. The molecular weight excluding hydrogens is 296 g/mol. The molecule has 0 aliphatic heterocycles. The maximum absolute atomic E-state index is 2.44. The fraction of sp³-hybridized carbons (Fsp3) is 0.636. The van der Waals surface area contributed by atoms with Crippen LogP contribution in [0.3, 0.4) is 0 Å². The van der Waals surface area contributed by atoms with E-state index in [1.54, 1.807) is 10.4 Å². The van der Waals surface area contributed by atoms with Gasteiger partial charge >= 0.3 is 0 Å². The SMILES string of the molecule is CCCCCCc1c(C(C)(C)C)sc2cc(C(C)(C)C)ccc12. The van der Waals surface area contributed by atoms with Crippen molar-refractivity contribution in [1.82, 2.24) is 0 Å². The Balaban J connectivity index is 2.45. The zero-order valence-electron chi connectivity index (χ0n) is 16.2. The predicted molar refractivity (Wildman–Crippen MR) is 107 cm³/mol. The van der Waals surface area contributed by atoms with Gasteiger partial charge in [-0.25, -0.2) is 0 Å². The lowest BCUT2D eigenvalue weighted by atomic mass is 9.85. The average molecular weight is 331 g/mol. The zero-order chi connectivity index (χ0) is 17.3. The lowest BCUT2D eigenvalue weighted by Gasteiger charge is -2.19. The van der Waals surface area contributed by atoms with Crippen molar-refractivity contribution in [3.63, 3.8) is 0 Å². The highest BCUT2D eigenvalue weighted by atomic mass is 32.1. The molecule has 2 rings (SSSR count). The Morgan fingerprint density at radius 2 is 1.57 bits per heavy atom. The molecule has 0 saturated heterocycles. The van der Waals surface area contributed by atoms with Crippen LogP contribution in [0, 0.1) is 0 Å². The molecule has 1 aromatic carbocycles. The maximum Gasteiger partial charge on any atom is 0.0351 e. The molecule has 128 valence electrons. The van der Waals surface area contributed by atoms with Crippen LogP contribution in [0.25, 0.3) is 10.1 Å². The van der Waals surface area contributed by atoms with Crippen molar-refractivity contribution in [2.75, 3.05) is 0 Å². The van der Waals surface area contributed by atoms with Gasteiger partial charge in [0.15, 0.2) is 0 Å². The van der Waals surface area contributed by atoms with E-state index in [1.807, 2.05) is 11.3 Å². The van der Waals surface area contributed by atoms with Crippen LogP contribution in [0.5, 0.6) is 0 Å². The first kappa shape index (κ1) is 18.5. The molecule has 1 aromatic heterocycles. The molecule has 0 atom stereocenters. The molecule has 0 amide bonds. The monoisotopic (exact) mass is 330 g/mol. The summed E-state index contributed by atoms with van der Waals surface area (Å²) in [4.78, 5) is 1.59. The second kappa shape index (κ2) is 6.97. The number of hydrogen-bond acceptors (Lipinski definition) is 1. The van der Waals surface area contributed by atoms with Crippen molar-refractivity contribution in [2.24, 2.45) is 0 Å². The molecule has 0 saturated carbocycles. The van der Waals surface area contributed by atoms with Gasteiger partial charge in [0, 0.05) is 9.58 Å². The maximum atomic E-state index is 2.44. The third-order valence-electron chi connectivity index (χ3n) is 4.62. The predicted octanol–water partition coefficient (Wildman–Crippen LogP) is 7.62. The molecule has 0 N–H and O–H groups in total. The van der Waals surface area contributed by atoms with E-state index in [-0.39, 0.29) is 10.8 Å². The van der Waals surface area contributed by atoms with E-state index >= 15 is 0 Å². The summed E-state index contributed by atoms with van der Waals surface area (Å²) in [7, 11) is 0. The number of benzene rings is 1. The highest BCUT2D eigenvalue weighted by Gasteiger charge is 2.23. The van der Waals surface area contributed by atoms with Gasteiger partial charge in [-0.05, 0) is 46.3 Å². The van der Waals surface area contributed by atoms with Crippen LogP contribution in [-0.4, -0.2) is 0 Å². The van der Waals surface area contributed by atoms with E-state index in [1.165, 1.54) is 47.8 Å². The minimum absolute atomic E-state index is 0.224. The van der Waals surface area contributed by atoms with E-state index in [0.29, 0.717) is 0 Å². The molecule has 0 radical (unpaired) electrons. The third-order valence-corrected chi connectivity index (χ3v) is 6.24. The van der Waals surface area contributed by atoms with Crippen LogP contribution in [0.15, 0.2) is 18.2 Å². The van der Waals surface area contributed by atoms with Crippen LogP contribution in [-0.2, 0) is 17.3 Å². The quantitative estimate of drug-likeness (QED) is 0.495. The number of fused-ring (bicyclic) bond motifs is 1. The van der Waals surface area contributed by atoms with Crippen molar-refractivity contribution in [3.8, 4) is 0 Å². The normalized spacial score (nSPS) is 13.0.